The lowest BCUT2D eigenvalue weighted by atomic mass is 10.2. The largest absolute Gasteiger partial charge is 0.301 e. The molecule has 0 atom stereocenters. The maximum Gasteiger partial charge on any atom is 0.236 e. The summed E-state index contributed by atoms with van der Waals surface area (Å²) >= 11 is 2.74. The molecule has 7 nitrogen and oxygen atoms in total. The van der Waals surface area contributed by atoms with Crippen molar-refractivity contribution in [2.24, 2.45) is 7.05 Å². The number of thioether (sulfide) groups is 1. The molecule has 1 aromatic carbocycles. The van der Waals surface area contributed by atoms with Crippen LogP contribution in [0.4, 0.5) is 5.13 Å². The van der Waals surface area contributed by atoms with Gasteiger partial charge in [0.2, 0.25) is 5.91 Å². The summed E-state index contributed by atoms with van der Waals surface area (Å²) in [6.07, 6.45) is 3.62. The molecule has 9 heteroatoms. The Morgan fingerprint density at radius 2 is 2.11 bits per heavy atom. The number of thiazole rings is 1. The van der Waals surface area contributed by atoms with Gasteiger partial charge >= 0.3 is 0 Å². The van der Waals surface area contributed by atoms with E-state index in [4.69, 9.17) is 0 Å². The molecule has 0 aliphatic heterocycles. The van der Waals surface area contributed by atoms with E-state index in [2.05, 4.69) is 25.4 Å². The molecule has 1 N–H and O–H groups in total. The predicted octanol–water partition coefficient (Wildman–Crippen LogP) is 3.53. The molecule has 4 rings (SSSR count). The van der Waals surface area contributed by atoms with E-state index in [1.165, 1.54) is 23.1 Å². The molecular weight excluding hydrogens is 380 g/mol. The van der Waals surface area contributed by atoms with Crippen molar-refractivity contribution in [3.8, 4) is 11.4 Å². The number of para-hydroxylation sites is 1. The third-order valence-corrected chi connectivity index (χ3v) is 5.57. The van der Waals surface area contributed by atoms with Crippen LogP contribution in [0.1, 0.15) is 5.56 Å². The molecular formula is C18H16N6OS2. The summed E-state index contributed by atoms with van der Waals surface area (Å²) in [7, 11) is 1.87. The van der Waals surface area contributed by atoms with E-state index >= 15 is 0 Å². The maximum absolute atomic E-state index is 12.2. The van der Waals surface area contributed by atoms with Crippen LogP contribution in [0.5, 0.6) is 0 Å². The van der Waals surface area contributed by atoms with Crippen molar-refractivity contribution in [2.45, 2.75) is 12.1 Å². The highest BCUT2D eigenvalue weighted by Crippen LogP contribution is 2.26. The summed E-state index contributed by atoms with van der Waals surface area (Å²) in [5.74, 6) is 0.0719. The number of hydrogen-bond donors (Lipinski definition) is 1. The van der Waals surface area contributed by atoms with Crippen LogP contribution in [0, 0.1) is 6.92 Å². The van der Waals surface area contributed by atoms with Gasteiger partial charge in [0.25, 0.3) is 0 Å². The zero-order valence-electron chi connectivity index (χ0n) is 14.7. The Kier molecular flexibility index (Phi) is 4.87. The SMILES string of the molecule is Cc1cn(C)nc1-c1ccnc(SCC(=O)Nc2nc3ccccc3s2)n1. The molecule has 27 heavy (non-hydrogen) atoms. The summed E-state index contributed by atoms with van der Waals surface area (Å²) in [6, 6.07) is 9.61. The smallest absolute Gasteiger partial charge is 0.236 e. The third kappa shape index (κ3) is 3.99. The molecule has 0 bridgehead atoms. The topological polar surface area (TPSA) is 85.6 Å². The second-order valence-corrected chi connectivity index (χ2v) is 7.86. The van der Waals surface area contributed by atoms with Gasteiger partial charge in [-0.3, -0.25) is 9.48 Å². The van der Waals surface area contributed by atoms with Gasteiger partial charge < -0.3 is 5.32 Å². The van der Waals surface area contributed by atoms with E-state index in [-0.39, 0.29) is 11.7 Å². The van der Waals surface area contributed by atoms with Crippen molar-refractivity contribution in [3.63, 3.8) is 0 Å². The van der Waals surface area contributed by atoms with Crippen LogP contribution in [0.3, 0.4) is 0 Å². The van der Waals surface area contributed by atoms with Gasteiger partial charge in [-0.15, -0.1) is 0 Å². The van der Waals surface area contributed by atoms with E-state index < -0.39 is 0 Å². The fourth-order valence-corrected chi connectivity index (χ4v) is 4.13. The highest BCUT2D eigenvalue weighted by Gasteiger charge is 2.12. The van der Waals surface area contributed by atoms with Crippen LogP contribution in [0.25, 0.3) is 21.6 Å². The lowest BCUT2D eigenvalue weighted by Crippen LogP contribution is -2.14. The maximum atomic E-state index is 12.2. The van der Waals surface area contributed by atoms with Crippen molar-refractivity contribution >= 4 is 44.4 Å². The molecule has 136 valence electrons. The first-order chi connectivity index (χ1) is 13.1. The number of hydrogen-bond acceptors (Lipinski definition) is 7. The second kappa shape index (κ2) is 7.45. The third-order valence-electron chi connectivity index (χ3n) is 3.76. The average molecular weight is 397 g/mol. The number of anilines is 1. The van der Waals surface area contributed by atoms with Crippen molar-refractivity contribution in [2.75, 3.05) is 11.1 Å². The second-order valence-electron chi connectivity index (χ2n) is 5.88. The number of aromatic nitrogens is 5. The number of nitrogens with one attached hydrogen (secondary N) is 1. The Bertz CT molecular complexity index is 1090. The molecule has 0 unspecified atom stereocenters. The molecule has 0 saturated heterocycles. The van der Waals surface area contributed by atoms with E-state index in [9.17, 15) is 4.79 Å². The minimum atomic E-state index is -0.137. The lowest BCUT2D eigenvalue weighted by molar-refractivity contribution is -0.113. The van der Waals surface area contributed by atoms with Crippen molar-refractivity contribution < 1.29 is 4.79 Å². The zero-order chi connectivity index (χ0) is 18.8. The van der Waals surface area contributed by atoms with E-state index in [1.807, 2.05) is 50.5 Å². The number of amides is 1. The van der Waals surface area contributed by atoms with E-state index in [1.54, 1.807) is 10.9 Å². The highest BCUT2D eigenvalue weighted by atomic mass is 32.2. The van der Waals surface area contributed by atoms with Crippen LogP contribution in [-0.2, 0) is 11.8 Å². The van der Waals surface area contributed by atoms with Gasteiger partial charge in [-0.05, 0) is 30.7 Å². The number of aryl methyl sites for hydroxylation is 2. The van der Waals surface area contributed by atoms with Crippen LogP contribution >= 0.6 is 23.1 Å². The highest BCUT2D eigenvalue weighted by molar-refractivity contribution is 7.99. The fourth-order valence-electron chi connectivity index (χ4n) is 2.61. The number of carbonyl (C=O) groups excluding carboxylic acids is 1. The van der Waals surface area contributed by atoms with Gasteiger partial charge in [0.15, 0.2) is 10.3 Å². The Morgan fingerprint density at radius 3 is 2.89 bits per heavy atom. The number of carbonyl (C=O) groups is 1. The van der Waals surface area contributed by atoms with Crippen LogP contribution in [-0.4, -0.2) is 36.4 Å². The molecule has 3 heterocycles. The first kappa shape index (κ1) is 17.6. The normalized spacial score (nSPS) is 11.0. The van der Waals surface area contributed by atoms with Crippen LogP contribution in [0.2, 0.25) is 0 Å². The average Bonchev–Trinajstić information content (AvgIpc) is 3.22. The van der Waals surface area contributed by atoms with Crippen LogP contribution in [0.15, 0.2) is 47.9 Å². The van der Waals surface area contributed by atoms with Gasteiger partial charge in [0, 0.05) is 19.4 Å². The number of benzene rings is 1. The van der Waals surface area contributed by atoms with Crippen molar-refractivity contribution in [1.82, 2.24) is 24.7 Å². The van der Waals surface area contributed by atoms with Gasteiger partial charge in [0.05, 0.1) is 21.7 Å². The summed E-state index contributed by atoms with van der Waals surface area (Å²) in [5, 5.41) is 8.40. The van der Waals surface area contributed by atoms with E-state index in [0.29, 0.717) is 10.3 Å². The standard InChI is InChI=1S/C18H16N6OS2/c1-11-9-24(2)23-16(11)13-7-8-19-17(21-13)26-10-15(25)22-18-20-12-5-3-4-6-14(12)27-18/h3-9H,10H2,1-2H3,(H,20,22,25). The monoisotopic (exact) mass is 396 g/mol. The molecule has 3 aromatic heterocycles. The Hall–Kier alpha value is -2.78. The molecule has 0 aliphatic rings. The first-order valence-electron chi connectivity index (χ1n) is 8.20. The molecule has 0 fully saturated rings. The lowest BCUT2D eigenvalue weighted by Gasteiger charge is -2.03. The molecule has 1 amide bonds. The van der Waals surface area contributed by atoms with Gasteiger partial charge in [0.1, 0.15) is 5.69 Å². The number of rotatable bonds is 5. The summed E-state index contributed by atoms with van der Waals surface area (Å²) in [4.78, 5) is 25.4. The van der Waals surface area contributed by atoms with Gasteiger partial charge in [-0.1, -0.05) is 35.2 Å². The quantitative estimate of drug-likeness (QED) is 0.410. The summed E-state index contributed by atoms with van der Waals surface area (Å²) in [5.41, 5.74) is 3.49. The number of nitrogens with zero attached hydrogens (tertiary/aromatic N) is 5. The minimum absolute atomic E-state index is 0.137. The zero-order valence-corrected chi connectivity index (χ0v) is 16.3. The Morgan fingerprint density at radius 1 is 1.26 bits per heavy atom. The molecule has 0 radical (unpaired) electrons. The van der Waals surface area contributed by atoms with Gasteiger partial charge in [-0.25, -0.2) is 15.0 Å². The van der Waals surface area contributed by atoms with E-state index in [0.717, 1.165) is 27.2 Å². The van der Waals surface area contributed by atoms with Crippen LogP contribution < -0.4 is 5.32 Å². The van der Waals surface area contributed by atoms with Crippen molar-refractivity contribution in [1.29, 1.82) is 0 Å². The number of fused-ring (bicyclic) bond motifs is 1. The molecule has 0 aliphatic carbocycles. The Labute approximate surface area is 163 Å². The predicted molar refractivity (Wildman–Crippen MR) is 108 cm³/mol. The molecule has 0 saturated carbocycles. The van der Waals surface area contributed by atoms with Gasteiger partial charge in [-0.2, -0.15) is 5.10 Å². The summed E-state index contributed by atoms with van der Waals surface area (Å²) < 4.78 is 2.80. The first-order valence-corrected chi connectivity index (χ1v) is 10.0. The molecule has 4 aromatic rings. The Balaban J connectivity index is 1.41. The van der Waals surface area contributed by atoms with Crippen molar-refractivity contribution in [3.05, 3.63) is 48.3 Å². The fraction of sp³-hybridized carbons (Fsp3) is 0.167. The molecule has 0 spiro atoms. The minimum Gasteiger partial charge on any atom is -0.301 e. The summed E-state index contributed by atoms with van der Waals surface area (Å²) in [6.45, 7) is 1.99.